The fourth-order valence-corrected chi connectivity index (χ4v) is 3.82. The fraction of sp³-hybridized carbons (Fsp3) is 0.238. The van der Waals surface area contributed by atoms with Crippen molar-refractivity contribution in [3.8, 4) is 0 Å². The number of hydrogen-bond donors (Lipinski definition) is 0. The molecule has 0 fully saturated rings. The molecule has 7 nitrogen and oxygen atoms in total. The first kappa shape index (κ1) is 16.7. The molecule has 0 bridgehead atoms. The van der Waals surface area contributed by atoms with Crippen molar-refractivity contribution < 1.29 is 0 Å². The van der Waals surface area contributed by atoms with Crippen LogP contribution in [0.15, 0.2) is 53.6 Å². The lowest BCUT2D eigenvalue weighted by molar-refractivity contribution is 0.676. The summed E-state index contributed by atoms with van der Waals surface area (Å²) in [6, 6.07) is 12.1. The largest absolute Gasteiger partial charge is 0.292 e. The van der Waals surface area contributed by atoms with Gasteiger partial charge in [0.2, 0.25) is 0 Å². The third kappa shape index (κ3) is 2.43. The van der Waals surface area contributed by atoms with Crippen LogP contribution in [0.1, 0.15) is 18.2 Å². The summed E-state index contributed by atoms with van der Waals surface area (Å²) in [6.45, 7) is 5.27. The molecule has 0 spiro atoms. The summed E-state index contributed by atoms with van der Waals surface area (Å²) in [5.74, 6) is 0. The molecule has 0 aliphatic rings. The van der Waals surface area contributed by atoms with E-state index >= 15 is 0 Å². The Bertz CT molecular complexity index is 1380. The van der Waals surface area contributed by atoms with Crippen LogP contribution in [-0.4, -0.2) is 28.9 Å². The van der Waals surface area contributed by atoms with Crippen molar-refractivity contribution in [2.45, 2.75) is 33.4 Å². The van der Waals surface area contributed by atoms with Crippen LogP contribution in [0, 0.1) is 6.92 Å². The second kappa shape index (κ2) is 6.30. The SMILES string of the molecule is CCn1ncc2c1ncc1c(=O)n(CCc3ccccc3)c3cc(C)nn3c12. The van der Waals surface area contributed by atoms with Crippen molar-refractivity contribution in [3.05, 3.63) is 70.4 Å². The molecule has 0 atom stereocenters. The molecule has 1 aromatic carbocycles. The molecule has 7 heteroatoms. The Balaban J connectivity index is 1.78. The van der Waals surface area contributed by atoms with Crippen molar-refractivity contribution in [1.29, 1.82) is 0 Å². The highest BCUT2D eigenvalue weighted by atomic mass is 16.1. The summed E-state index contributed by atoms with van der Waals surface area (Å²) in [4.78, 5) is 17.9. The minimum absolute atomic E-state index is 0.0445. The van der Waals surface area contributed by atoms with E-state index < -0.39 is 0 Å². The highest BCUT2D eigenvalue weighted by Gasteiger charge is 2.17. The van der Waals surface area contributed by atoms with Crippen LogP contribution in [0.2, 0.25) is 0 Å². The molecule has 28 heavy (non-hydrogen) atoms. The molecule has 140 valence electrons. The fourth-order valence-electron chi connectivity index (χ4n) is 3.82. The first-order valence-electron chi connectivity index (χ1n) is 9.44. The molecular weight excluding hydrogens is 352 g/mol. The minimum atomic E-state index is -0.0445. The molecule has 0 aliphatic heterocycles. The van der Waals surface area contributed by atoms with Gasteiger partial charge in [-0.2, -0.15) is 10.2 Å². The zero-order valence-electron chi connectivity index (χ0n) is 15.8. The smallest absolute Gasteiger partial charge is 0.263 e. The lowest BCUT2D eigenvalue weighted by Gasteiger charge is -2.11. The maximum absolute atomic E-state index is 13.3. The number of aromatic nitrogens is 6. The summed E-state index contributed by atoms with van der Waals surface area (Å²) in [7, 11) is 0. The van der Waals surface area contributed by atoms with E-state index in [-0.39, 0.29) is 5.56 Å². The third-order valence-corrected chi connectivity index (χ3v) is 5.18. The van der Waals surface area contributed by atoms with Gasteiger partial charge in [-0.25, -0.2) is 14.2 Å². The number of fused-ring (bicyclic) bond motifs is 5. The number of hydrogen-bond acceptors (Lipinski definition) is 4. The summed E-state index contributed by atoms with van der Waals surface area (Å²) in [5, 5.41) is 10.5. The van der Waals surface area contributed by atoms with Gasteiger partial charge >= 0.3 is 0 Å². The van der Waals surface area contributed by atoms with E-state index in [1.54, 1.807) is 17.0 Å². The van der Waals surface area contributed by atoms with Gasteiger partial charge in [0.1, 0.15) is 5.65 Å². The van der Waals surface area contributed by atoms with Crippen molar-refractivity contribution in [2.75, 3.05) is 0 Å². The van der Waals surface area contributed by atoms with Crippen LogP contribution in [0.5, 0.6) is 0 Å². The molecule has 0 saturated carbocycles. The van der Waals surface area contributed by atoms with Crippen LogP contribution >= 0.6 is 0 Å². The van der Waals surface area contributed by atoms with Crippen molar-refractivity contribution >= 4 is 27.6 Å². The zero-order chi connectivity index (χ0) is 19.3. The standard InChI is InChI=1S/C21H20N6O/c1-3-26-20-16(13-23-26)19-17(12-22-20)21(28)25(18-11-14(2)24-27(18)19)10-9-15-7-5-4-6-8-15/h4-8,11-13H,3,9-10H2,1-2H3. The first-order chi connectivity index (χ1) is 13.7. The number of aryl methyl sites for hydroxylation is 4. The van der Waals surface area contributed by atoms with Gasteiger partial charge < -0.3 is 0 Å². The Morgan fingerprint density at radius 2 is 1.89 bits per heavy atom. The van der Waals surface area contributed by atoms with Gasteiger partial charge in [-0.05, 0) is 25.8 Å². The summed E-state index contributed by atoms with van der Waals surface area (Å²) in [5.41, 5.74) is 4.36. The topological polar surface area (TPSA) is 70.0 Å². The van der Waals surface area contributed by atoms with Gasteiger partial charge in [0.25, 0.3) is 5.56 Å². The van der Waals surface area contributed by atoms with E-state index in [1.807, 2.05) is 47.3 Å². The Morgan fingerprint density at radius 1 is 1.07 bits per heavy atom. The number of benzene rings is 1. The molecule has 4 heterocycles. The Hall–Kier alpha value is -3.48. The Labute approximate surface area is 160 Å². The molecule has 4 aromatic heterocycles. The molecule has 0 unspecified atom stereocenters. The van der Waals surface area contributed by atoms with Crippen molar-refractivity contribution in [1.82, 2.24) is 28.9 Å². The van der Waals surface area contributed by atoms with E-state index in [0.29, 0.717) is 11.9 Å². The van der Waals surface area contributed by atoms with Gasteiger partial charge in [-0.1, -0.05) is 30.3 Å². The van der Waals surface area contributed by atoms with Crippen LogP contribution < -0.4 is 5.56 Å². The number of nitrogens with zero attached hydrogens (tertiary/aromatic N) is 6. The minimum Gasteiger partial charge on any atom is -0.292 e. The van der Waals surface area contributed by atoms with E-state index in [2.05, 4.69) is 27.3 Å². The Kier molecular flexibility index (Phi) is 3.75. The number of pyridine rings is 1. The third-order valence-electron chi connectivity index (χ3n) is 5.18. The van der Waals surface area contributed by atoms with Crippen LogP contribution in [0.3, 0.4) is 0 Å². The molecule has 0 amide bonds. The van der Waals surface area contributed by atoms with Crippen LogP contribution in [0.4, 0.5) is 0 Å². The first-order valence-corrected chi connectivity index (χ1v) is 9.44. The predicted octanol–water partition coefficient (Wildman–Crippen LogP) is 2.96. The van der Waals surface area contributed by atoms with Crippen molar-refractivity contribution in [3.63, 3.8) is 0 Å². The van der Waals surface area contributed by atoms with Gasteiger partial charge in [-0.3, -0.25) is 9.36 Å². The van der Waals surface area contributed by atoms with E-state index in [4.69, 9.17) is 0 Å². The quantitative estimate of drug-likeness (QED) is 0.486. The second-order valence-electron chi connectivity index (χ2n) is 6.97. The molecule has 5 rings (SSSR count). The summed E-state index contributed by atoms with van der Waals surface area (Å²) < 4.78 is 5.49. The highest BCUT2D eigenvalue weighted by Crippen LogP contribution is 2.23. The van der Waals surface area contributed by atoms with E-state index in [1.165, 1.54) is 5.56 Å². The van der Waals surface area contributed by atoms with Crippen LogP contribution in [0.25, 0.3) is 27.6 Å². The zero-order valence-corrected chi connectivity index (χ0v) is 15.8. The van der Waals surface area contributed by atoms with Gasteiger partial charge in [0.05, 0.1) is 28.2 Å². The second-order valence-corrected chi connectivity index (χ2v) is 6.97. The van der Waals surface area contributed by atoms with Gasteiger partial charge in [-0.15, -0.1) is 0 Å². The van der Waals surface area contributed by atoms with E-state index in [9.17, 15) is 4.79 Å². The van der Waals surface area contributed by atoms with E-state index in [0.717, 1.165) is 40.9 Å². The van der Waals surface area contributed by atoms with Gasteiger partial charge in [0, 0.05) is 25.4 Å². The summed E-state index contributed by atoms with van der Waals surface area (Å²) >= 11 is 0. The van der Waals surface area contributed by atoms with Gasteiger partial charge in [0.15, 0.2) is 5.65 Å². The lowest BCUT2D eigenvalue weighted by Crippen LogP contribution is -2.24. The average Bonchev–Trinajstić information content (AvgIpc) is 3.31. The monoisotopic (exact) mass is 372 g/mol. The molecular formula is C21H20N6O. The maximum atomic E-state index is 13.3. The summed E-state index contributed by atoms with van der Waals surface area (Å²) in [6.07, 6.45) is 4.21. The molecule has 0 N–H and O–H groups in total. The molecule has 0 aliphatic carbocycles. The number of rotatable bonds is 4. The highest BCUT2D eigenvalue weighted by molar-refractivity contribution is 6.02. The lowest BCUT2D eigenvalue weighted by atomic mass is 10.1. The van der Waals surface area contributed by atoms with Crippen LogP contribution in [-0.2, 0) is 19.5 Å². The normalized spacial score (nSPS) is 11.8. The predicted molar refractivity (Wildman–Crippen MR) is 109 cm³/mol. The molecule has 0 saturated heterocycles. The molecule has 0 radical (unpaired) electrons. The average molecular weight is 372 g/mol. The maximum Gasteiger partial charge on any atom is 0.263 e. The molecule has 5 aromatic rings. The van der Waals surface area contributed by atoms with Crippen molar-refractivity contribution in [2.24, 2.45) is 0 Å². The Morgan fingerprint density at radius 3 is 2.68 bits per heavy atom.